The van der Waals surface area contributed by atoms with Crippen LogP contribution in [-0.2, 0) is 0 Å². The molecule has 2 aromatic heterocycles. The fraction of sp³-hybridized carbons (Fsp3) is 0. The Kier molecular flexibility index (Phi) is 1.26. The van der Waals surface area contributed by atoms with Crippen molar-refractivity contribution >= 4 is 11.2 Å². The van der Waals surface area contributed by atoms with E-state index in [1.165, 1.54) is 0 Å². The van der Waals surface area contributed by atoms with Crippen LogP contribution in [0.15, 0.2) is 30.9 Å². The van der Waals surface area contributed by atoms with Crippen LogP contribution in [0.5, 0.6) is 0 Å². The summed E-state index contributed by atoms with van der Waals surface area (Å²) in [5.41, 5.74) is 4.49. The van der Waals surface area contributed by atoms with E-state index in [-0.39, 0.29) is 0 Å². The van der Waals surface area contributed by atoms with Gasteiger partial charge in [0.05, 0.1) is 23.7 Å². The molecule has 0 aromatic carbocycles. The van der Waals surface area contributed by atoms with Crippen molar-refractivity contribution in [2.24, 2.45) is 5.84 Å². The molecule has 0 aliphatic heterocycles. The molecule has 0 saturated heterocycles. The monoisotopic (exact) mass is 148 g/mol. The van der Waals surface area contributed by atoms with Crippen molar-refractivity contribution in [3.63, 3.8) is 0 Å². The molecule has 2 aromatic rings. The van der Waals surface area contributed by atoms with Gasteiger partial charge in [-0.25, -0.2) is 4.98 Å². The van der Waals surface area contributed by atoms with E-state index in [9.17, 15) is 0 Å². The maximum Gasteiger partial charge on any atom is 0.0992 e. The molecule has 4 heteroatoms. The third-order valence-corrected chi connectivity index (χ3v) is 1.57. The Morgan fingerprint density at radius 1 is 1.45 bits per heavy atom. The average Bonchev–Trinajstić information content (AvgIpc) is 2.50. The Labute approximate surface area is 63.6 Å². The zero-order chi connectivity index (χ0) is 7.68. The average molecular weight is 148 g/mol. The van der Waals surface area contributed by atoms with Crippen molar-refractivity contribution in [3.05, 3.63) is 30.9 Å². The number of aromatic nitrogens is 2. The molecule has 0 aliphatic carbocycles. The number of hydrogen-bond donors (Lipinski definition) is 2. The van der Waals surface area contributed by atoms with Crippen LogP contribution in [0.3, 0.4) is 0 Å². The molecule has 11 heavy (non-hydrogen) atoms. The van der Waals surface area contributed by atoms with Crippen molar-refractivity contribution in [3.8, 4) is 0 Å². The number of rotatable bonds is 1. The lowest BCUT2D eigenvalue weighted by atomic mass is 10.4. The number of nitrogen functional groups attached to an aromatic ring is 1. The number of nitrogens with one attached hydrogen (secondary N) is 1. The number of imidazole rings is 1. The van der Waals surface area contributed by atoms with Gasteiger partial charge in [-0.1, -0.05) is 0 Å². The van der Waals surface area contributed by atoms with E-state index in [0.29, 0.717) is 0 Å². The second kappa shape index (κ2) is 2.25. The number of nitrogens with two attached hydrogens (primary N) is 1. The van der Waals surface area contributed by atoms with Crippen molar-refractivity contribution in [1.82, 2.24) is 9.38 Å². The van der Waals surface area contributed by atoms with Crippen LogP contribution in [-0.4, -0.2) is 9.38 Å². The summed E-state index contributed by atoms with van der Waals surface area (Å²) >= 11 is 0. The Morgan fingerprint density at radius 2 is 2.36 bits per heavy atom. The highest BCUT2D eigenvalue weighted by Crippen LogP contribution is 2.08. The molecular formula is C7H8N4. The van der Waals surface area contributed by atoms with Crippen LogP contribution in [0.25, 0.3) is 5.52 Å². The van der Waals surface area contributed by atoms with E-state index < -0.39 is 0 Å². The lowest BCUT2D eigenvalue weighted by Gasteiger charge is -1.99. The Morgan fingerprint density at radius 3 is 3.18 bits per heavy atom. The fourth-order valence-electron chi connectivity index (χ4n) is 1.01. The molecular weight excluding hydrogens is 140 g/mol. The minimum absolute atomic E-state index is 0.871. The predicted octanol–water partition coefficient (Wildman–Crippen LogP) is 0.620. The van der Waals surface area contributed by atoms with E-state index in [4.69, 9.17) is 5.84 Å². The highest BCUT2D eigenvalue weighted by Gasteiger charge is 1.92. The number of hydrogen-bond acceptors (Lipinski definition) is 3. The molecule has 0 unspecified atom stereocenters. The van der Waals surface area contributed by atoms with Gasteiger partial charge in [-0.05, 0) is 12.1 Å². The normalized spacial score (nSPS) is 10.3. The third kappa shape index (κ3) is 0.929. The molecule has 0 fully saturated rings. The predicted molar refractivity (Wildman–Crippen MR) is 43.0 cm³/mol. The van der Waals surface area contributed by atoms with E-state index >= 15 is 0 Å². The third-order valence-electron chi connectivity index (χ3n) is 1.57. The molecule has 2 heterocycles. The van der Waals surface area contributed by atoms with Gasteiger partial charge < -0.3 is 9.83 Å². The topological polar surface area (TPSA) is 55.3 Å². The fourth-order valence-corrected chi connectivity index (χ4v) is 1.01. The summed E-state index contributed by atoms with van der Waals surface area (Å²) in [6, 6.07) is 3.85. The molecule has 0 bridgehead atoms. The molecule has 0 aliphatic rings. The zero-order valence-electron chi connectivity index (χ0n) is 5.86. The molecule has 56 valence electrons. The second-order valence-electron chi connectivity index (χ2n) is 2.29. The summed E-state index contributed by atoms with van der Waals surface area (Å²) in [6.45, 7) is 0. The summed E-state index contributed by atoms with van der Waals surface area (Å²) < 4.78 is 1.90. The Hall–Kier alpha value is -1.55. The molecule has 2 rings (SSSR count). The van der Waals surface area contributed by atoms with Gasteiger partial charge in [0, 0.05) is 6.20 Å². The maximum absolute atomic E-state index is 5.23. The zero-order valence-corrected chi connectivity index (χ0v) is 5.86. The van der Waals surface area contributed by atoms with Gasteiger partial charge in [0.25, 0.3) is 0 Å². The highest BCUT2D eigenvalue weighted by molar-refractivity contribution is 5.52. The van der Waals surface area contributed by atoms with Crippen molar-refractivity contribution in [1.29, 1.82) is 0 Å². The Balaban J connectivity index is 2.67. The maximum atomic E-state index is 5.23. The minimum atomic E-state index is 0.871. The SMILES string of the molecule is NNc1ccc2cncn2c1. The summed E-state index contributed by atoms with van der Waals surface area (Å²) in [5, 5.41) is 0. The molecule has 4 nitrogen and oxygen atoms in total. The van der Waals surface area contributed by atoms with E-state index in [2.05, 4.69) is 10.4 Å². The largest absolute Gasteiger partial charge is 0.323 e. The van der Waals surface area contributed by atoms with Gasteiger partial charge in [-0.15, -0.1) is 0 Å². The van der Waals surface area contributed by atoms with Gasteiger partial charge in [0.1, 0.15) is 0 Å². The summed E-state index contributed by atoms with van der Waals surface area (Å²) in [6.07, 6.45) is 5.40. The van der Waals surface area contributed by atoms with Crippen LogP contribution in [0.1, 0.15) is 0 Å². The van der Waals surface area contributed by atoms with Gasteiger partial charge >= 0.3 is 0 Å². The van der Waals surface area contributed by atoms with Crippen molar-refractivity contribution < 1.29 is 0 Å². The Bertz CT molecular complexity index is 365. The number of nitrogens with zero attached hydrogens (tertiary/aromatic N) is 2. The summed E-state index contributed by atoms with van der Waals surface area (Å²) in [7, 11) is 0. The van der Waals surface area contributed by atoms with Crippen LogP contribution < -0.4 is 11.3 Å². The van der Waals surface area contributed by atoms with Crippen LogP contribution in [0.2, 0.25) is 0 Å². The first kappa shape index (κ1) is 6.18. The number of fused-ring (bicyclic) bond motifs is 1. The standard InChI is InChI=1S/C7H8N4/c8-10-6-1-2-7-3-9-5-11(7)4-6/h1-5,10H,8H2. The first-order valence-electron chi connectivity index (χ1n) is 3.28. The molecule has 0 amide bonds. The summed E-state index contributed by atoms with van der Waals surface area (Å²) in [4.78, 5) is 3.97. The second-order valence-corrected chi connectivity index (χ2v) is 2.29. The van der Waals surface area contributed by atoms with Crippen molar-refractivity contribution in [2.45, 2.75) is 0 Å². The number of anilines is 1. The lowest BCUT2D eigenvalue weighted by molar-refractivity contribution is 1.14. The van der Waals surface area contributed by atoms with E-state index in [0.717, 1.165) is 11.2 Å². The van der Waals surface area contributed by atoms with Crippen LogP contribution in [0.4, 0.5) is 5.69 Å². The lowest BCUT2D eigenvalue weighted by Crippen LogP contribution is -2.06. The first-order chi connectivity index (χ1) is 5.40. The van der Waals surface area contributed by atoms with E-state index in [1.807, 2.05) is 22.7 Å². The highest BCUT2D eigenvalue weighted by atomic mass is 15.2. The summed E-state index contributed by atoms with van der Waals surface area (Å²) in [5.74, 6) is 5.23. The molecule has 0 radical (unpaired) electrons. The first-order valence-corrected chi connectivity index (χ1v) is 3.28. The van der Waals surface area contributed by atoms with Gasteiger partial charge in [0.2, 0.25) is 0 Å². The molecule has 0 atom stereocenters. The van der Waals surface area contributed by atoms with Crippen LogP contribution >= 0.6 is 0 Å². The number of pyridine rings is 1. The number of hydrazine groups is 1. The quantitative estimate of drug-likeness (QED) is 0.460. The smallest absolute Gasteiger partial charge is 0.0992 e. The van der Waals surface area contributed by atoms with Crippen molar-refractivity contribution in [2.75, 3.05) is 5.43 Å². The van der Waals surface area contributed by atoms with Gasteiger partial charge in [-0.2, -0.15) is 0 Å². The molecule has 3 N–H and O–H groups in total. The molecule has 0 saturated carbocycles. The van der Waals surface area contributed by atoms with E-state index in [1.54, 1.807) is 12.5 Å². The molecule has 0 spiro atoms. The van der Waals surface area contributed by atoms with Gasteiger partial charge in [0.15, 0.2) is 0 Å². The minimum Gasteiger partial charge on any atom is -0.323 e. The van der Waals surface area contributed by atoms with Crippen LogP contribution in [0, 0.1) is 0 Å². The van der Waals surface area contributed by atoms with Gasteiger partial charge in [-0.3, -0.25) is 5.84 Å².